The molecule has 3 heterocycles. The van der Waals surface area contributed by atoms with Gasteiger partial charge in [0.2, 0.25) is 5.91 Å². The molecule has 1 aromatic carbocycles. The number of para-hydroxylation sites is 1. The Bertz CT molecular complexity index is 939. The molecule has 0 spiro atoms. The molecule has 7 nitrogen and oxygen atoms in total. The molecule has 4 atom stereocenters. The zero-order valence-electron chi connectivity index (χ0n) is 15.5. The number of aliphatic hydroxyl groups is 1. The highest BCUT2D eigenvalue weighted by Crippen LogP contribution is 2.41. The fourth-order valence-electron chi connectivity index (χ4n) is 4.68. The lowest BCUT2D eigenvalue weighted by atomic mass is 9.77. The van der Waals surface area contributed by atoms with Crippen molar-refractivity contribution >= 4 is 27.5 Å². The molecular formula is C20H23N5O2S. The van der Waals surface area contributed by atoms with Crippen LogP contribution in [0.4, 0.5) is 0 Å². The maximum Gasteiger partial charge on any atom is 0.223 e. The molecule has 0 unspecified atom stereocenters. The molecule has 8 heteroatoms. The summed E-state index contributed by atoms with van der Waals surface area (Å²) in [5.41, 5.74) is 1.01. The van der Waals surface area contributed by atoms with Gasteiger partial charge < -0.3 is 10.0 Å². The van der Waals surface area contributed by atoms with E-state index in [1.54, 1.807) is 22.3 Å². The van der Waals surface area contributed by atoms with Crippen LogP contribution in [0.25, 0.3) is 10.2 Å². The van der Waals surface area contributed by atoms with E-state index in [0.29, 0.717) is 24.7 Å². The maximum atomic E-state index is 12.8. The van der Waals surface area contributed by atoms with Gasteiger partial charge in [-0.3, -0.25) is 4.79 Å². The fourth-order valence-corrected chi connectivity index (χ4v) is 5.65. The van der Waals surface area contributed by atoms with Crippen LogP contribution in [-0.4, -0.2) is 54.9 Å². The molecule has 5 rings (SSSR count). The Morgan fingerprint density at radius 1 is 1.21 bits per heavy atom. The summed E-state index contributed by atoms with van der Waals surface area (Å²) in [6.07, 6.45) is 5.49. The standard InChI is InChI=1S/C20H23N5O2S/c26-17-8-14-10-24(9-13(14)7-16(17)25-12-21-11-22-25)20(27)6-5-19-23-15-3-1-2-4-18(15)28-19/h1-4,11-14,16-17,26H,5-10H2/t13-,14+,16-,17-/m1/s1. The first-order valence-corrected chi connectivity index (χ1v) is 10.6. The van der Waals surface area contributed by atoms with Crippen molar-refractivity contribution in [3.63, 3.8) is 0 Å². The summed E-state index contributed by atoms with van der Waals surface area (Å²) >= 11 is 1.67. The van der Waals surface area contributed by atoms with Crippen LogP contribution in [0.5, 0.6) is 0 Å². The summed E-state index contributed by atoms with van der Waals surface area (Å²) in [6, 6.07) is 8.05. The molecule has 2 fully saturated rings. The average molecular weight is 398 g/mol. The van der Waals surface area contributed by atoms with Gasteiger partial charge in [-0.25, -0.2) is 14.6 Å². The zero-order chi connectivity index (χ0) is 19.1. The summed E-state index contributed by atoms with van der Waals surface area (Å²) in [4.78, 5) is 23.4. The molecule has 1 aliphatic carbocycles. The Kier molecular flexibility index (Phi) is 4.60. The number of hydrogen-bond acceptors (Lipinski definition) is 6. The van der Waals surface area contributed by atoms with Crippen LogP contribution in [0.1, 0.15) is 30.3 Å². The van der Waals surface area contributed by atoms with Gasteiger partial charge in [0.05, 0.1) is 27.4 Å². The number of benzene rings is 1. The molecule has 0 radical (unpaired) electrons. The van der Waals surface area contributed by atoms with Crippen LogP contribution < -0.4 is 0 Å². The summed E-state index contributed by atoms with van der Waals surface area (Å²) in [5, 5.41) is 15.8. The van der Waals surface area contributed by atoms with Crippen molar-refractivity contribution in [1.82, 2.24) is 24.6 Å². The first-order chi connectivity index (χ1) is 13.7. The summed E-state index contributed by atoms with van der Waals surface area (Å²) in [5.74, 6) is 0.991. The zero-order valence-corrected chi connectivity index (χ0v) is 16.3. The second kappa shape index (κ2) is 7.25. The third kappa shape index (κ3) is 3.31. The van der Waals surface area contributed by atoms with Crippen LogP contribution in [0.2, 0.25) is 0 Å². The smallest absolute Gasteiger partial charge is 0.223 e. The van der Waals surface area contributed by atoms with Crippen molar-refractivity contribution in [3.8, 4) is 0 Å². The second-order valence-corrected chi connectivity index (χ2v) is 8.99. The van der Waals surface area contributed by atoms with Gasteiger partial charge in [-0.05, 0) is 36.8 Å². The van der Waals surface area contributed by atoms with E-state index >= 15 is 0 Å². The highest BCUT2D eigenvalue weighted by atomic mass is 32.1. The molecule has 2 aliphatic rings. The third-order valence-electron chi connectivity index (χ3n) is 6.13. The van der Waals surface area contributed by atoms with Gasteiger partial charge >= 0.3 is 0 Å². The molecular weight excluding hydrogens is 374 g/mol. The number of aromatic nitrogens is 4. The van der Waals surface area contributed by atoms with Crippen LogP contribution in [0.3, 0.4) is 0 Å². The number of hydrogen-bond donors (Lipinski definition) is 1. The van der Waals surface area contributed by atoms with Crippen LogP contribution >= 0.6 is 11.3 Å². The van der Waals surface area contributed by atoms with Crippen LogP contribution in [-0.2, 0) is 11.2 Å². The first kappa shape index (κ1) is 17.8. The largest absolute Gasteiger partial charge is 0.391 e. The molecule has 28 heavy (non-hydrogen) atoms. The summed E-state index contributed by atoms with van der Waals surface area (Å²) in [7, 11) is 0. The minimum Gasteiger partial charge on any atom is -0.391 e. The Morgan fingerprint density at radius 3 is 2.82 bits per heavy atom. The SMILES string of the molecule is O=C(CCc1nc2ccccc2s1)N1C[C@H]2C[C@@H](n3cncn3)[C@H](O)C[C@H]2C1. The van der Waals surface area contributed by atoms with E-state index in [1.165, 1.54) is 11.0 Å². The van der Waals surface area contributed by atoms with Crippen molar-refractivity contribution in [1.29, 1.82) is 0 Å². The van der Waals surface area contributed by atoms with E-state index in [2.05, 4.69) is 21.1 Å². The van der Waals surface area contributed by atoms with Crippen molar-refractivity contribution in [2.45, 2.75) is 37.8 Å². The van der Waals surface area contributed by atoms with Gasteiger partial charge in [-0.15, -0.1) is 11.3 Å². The fraction of sp³-hybridized carbons (Fsp3) is 0.500. The van der Waals surface area contributed by atoms with E-state index in [9.17, 15) is 9.90 Å². The van der Waals surface area contributed by atoms with Crippen molar-refractivity contribution in [3.05, 3.63) is 41.9 Å². The summed E-state index contributed by atoms with van der Waals surface area (Å²) in [6.45, 7) is 1.53. The van der Waals surface area contributed by atoms with E-state index in [1.807, 2.05) is 23.1 Å². The van der Waals surface area contributed by atoms with Gasteiger partial charge in [-0.1, -0.05) is 12.1 Å². The number of carbonyl (C=O) groups is 1. The molecule has 1 aliphatic heterocycles. The number of carbonyl (C=O) groups excluding carboxylic acids is 1. The number of amides is 1. The highest BCUT2D eigenvalue weighted by Gasteiger charge is 2.43. The molecule has 1 saturated carbocycles. The molecule has 1 amide bonds. The Balaban J connectivity index is 1.20. The predicted molar refractivity (Wildman–Crippen MR) is 106 cm³/mol. The van der Waals surface area contributed by atoms with E-state index in [0.717, 1.165) is 36.5 Å². The van der Waals surface area contributed by atoms with Gasteiger partial charge in [0.15, 0.2) is 0 Å². The number of likely N-dealkylation sites (tertiary alicyclic amines) is 1. The lowest BCUT2D eigenvalue weighted by Gasteiger charge is -2.34. The molecule has 1 N–H and O–H groups in total. The van der Waals surface area contributed by atoms with Gasteiger partial charge in [-0.2, -0.15) is 5.10 Å². The van der Waals surface area contributed by atoms with Gasteiger partial charge in [0.1, 0.15) is 12.7 Å². The third-order valence-corrected chi connectivity index (χ3v) is 7.23. The number of fused-ring (bicyclic) bond motifs is 2. The Labute approximate surface area is 167 Å². The number of aryl methyl sites for hydroxylation is 1. The van der Waals surface area contributed by atoms with E-state index < -0.39 is 6.10 Å². The quantitative estimate of drug-likeness (QED) is 0.730. The monoisotopic (exact) mass is 397 g/mol. The molecule has 2 aromatic heterocycles. The topological polar surface area (TPSA) is 84.1 Å². The van der Waals surface area contributed by atoms with Crippen molar-refractivity contribution < 1.29 is 9.90 Å². The Morgan fingerprint density at radius 2 is 2.04 bits per heavy atom. The van der Waals surface area contributed by atoms with E-state index in [-0.39, 0.29) is 11.9 Å². The molecule has 146 valence electrons. The Hall–Kier alpha value is -2.32. The van der Waals surface area contributed by atoms with Gasteiger partial charge in [0, 0.05) is 25.9 Å². The number of thiazole rings is 1. The molecule has 0 bridgehead atoms. The average Bonchev–Trinajstić information content (AvgIpc) is 3.43. The minimum atomic E-state index is -0.430. The molecule has 3 aromatic rings. The normalized spacial score (nSPS) is 27.2. The van der Waals surface area contributed by atoms with Crippen LogP contribution in [0.15, 0.2) is 36.9 Å². The second-order valence-electron chi connectivity index (χ2n) is 7.88. The van der Waals surface area contributed by atoms with Crippen molar-refractivity contribution in [2.24, 2.45) is 11.8 Å². The molecule has 1 saturated heterocycles. The lowest BCUT2D eigenvalue weighted by Crippen LogP contribution is -2.36. The number of aliphatic hydroxyl groups excluding tert-OH is 1. The number of nitrogens with zero attached hydrogens (tertiary/aromatic N) is 5. The highest BCUT2D eigenvalue weighted by molar-refractivity contribution is 7.18. The first-order valence-electron chi connectivity index (χ1n) is 9.82. The predicted octanol–water partition coefficient (Wildman–Crippen LogP) is 2.29. The maximum absolute atomic E-state index is 12.8. The van der Waals surface area contributed by atoms with Crippen molar-refractivity contribution in [2.75, 3.05) is 13.1 Å². The minimum absolute atomic E-state index is 0.0402. The lowest BCUT2D eigenvalue weighted by molar-refractivity contribution is -0.130. The summed E-state index contributed by atoms with van der Waals surface area (Å²) < 4.78 is 2.93. The van der Waals surface area contributed by atoms with E-state index in [4.69, 9.17) is 0 Å². The van der Waals surface area contributed by atoms with Gasteiger partial charge in [0.25, 0.3) is 0 Å². The van der Waals surface area contributed by atoms with Crippen LogP contribution in [0, 0.1) is 11.8 Å². The number of rotatable bonds is 4.